The highest BCUT2D eigenvalue weighted by Crippen LogP contribution is 2.29. The lowest BCUT2D eigenvalue weighted by molar-refractivity contribution is -0.143. The molecule has 0 fully saturated rings. The van der Waals surface area contributed by atoms with Crippen LogP contribution in [0.4, 0.5) is 0 Å². The van der Waals surface area contributed by atoms with E-state index in [0.29, 0.717) is 16.7 Å². The predicted molar refractivity (Wildman–Crippen MR) is 192 cm³/mol. The number of hydrogen-bond acceptors (Lipinski definition) is 7. The minimum absolute atomic E-state index is 0.00848. The topological polar surface area (TPSA) is 171 Å². The van der Waals surface area contributed by atoms with Gasteiger partial charge in [0, 0.05) is 23.5 Å². The molecule has 4 aromatic carbocycles. The summed E-state index contributed by atoms with van der Waals surface area (Å²) >= 11 is 0. The van der Waals surface area contributed by atoms with E-state index in [1.807, 2.05) is 44.2 Å². The molecule has 11 heteroatoms. The largest absolute Gasteiger partial charge is 0.508 e. The van der Waals surface area contributed by atoms with E-state index in [4.69, 9.17) is 4.74 Å². The molecule has 0 bridgehead atoms. The Bertz CT molecular complexity index is 1840. The smallest absolute Gasteiger partial charge is 0.328 e. The maximum absolute atomic E-state index is 14.1. The molecule has 4 atom stereocenters. The molecule has 5 N–H and O–H groups in total. The van der Waals surface area contributed by atoms with Crippen LogP contribution in [0.1, 0.15) is 65.0 Å². The number of methoxy groups -OCH3 is 1. The first-order valence-electron chi connectivity index (χ1n) is 16.6. The van der Waals surface area contributed by atoms with E-state index in [9.17, 15) is 34.2 Å². The molecule has 0 spiro atoms. The first kappa shape index (κ1) is 37.8. The summed E-state index contributed by atoms with van der Waals surface area (Å²) in [6, 6.07) is 25.2. The van der Waals surface area contributed by atoms with Crippen molar-refractivity contribution < 1.29 is 38.9 Å². The zero-order chi connectivity index (χ0) is 37.1. The molecule has 266 valence electrons. The maximum atomic E-state index is 14.1. The van der Waals surface area contributed by atoms with Crippen LogP contribution in [0.5, 0.6) is 5.75 Å². The van der Waals surface area contributed by atoms with Gasteiger partial charge in [0.15, 0.2) is 0 Å². The Balaban J connectivity index is 1.66. The summed E-state index contributed by atoms with van der Waals surface area (Å²) in [4.78, 5) is 66.4. The van der Waals surface area contributed by atoms with Crippen LogP contribution >= 0.6 is 0 Å². The molecule has 0 radical (unpaired) electrons. The van der Waals surface area contributed by atoms with Crippen molar-refractivity contribution >= 4 is 29.7 Å². The molecular weight excluding hydrogens is 650 g/mol. The number of aromatic hydroxyl groups is 1. The molecule has 0 aliphatic carbocycles. The van der Waals surface area contributed by atoms with Crippen molar-refractivity contribution in [3.63, 3.8) is 0 Å². The maximum Gasteiger partial charge on any atom is 0.328 e. The van der Waals surface area contributed by atoms with Gasteiger partial charge >= 0.3 is 11.9 Å². The average Bonchev–Trinajstić information content (AvgIpc) is 3.13. The molecule has 0 heterocycles. The number of phenols is 1. The highest BCUT2D eigenvalue weighted by atomic mass is 16.5. The monoisotopic (exact) mass is 693 g/mol. The third-order valence-corrected chi connectivity index (χ3v) is 8.52. The van der Waals surface area contributed by atoms with Crippen molar-refractivity contribution in [2.45, 2.75) is 57.7 Å². The molecule has 0 saturated carbocycles. The summed E-state index contributed by atoms with van der Waals surface area (Å²) < 4.78 is 4.95. The van der Waals surface area contributed by atoms with Crippen LogP contribution in [-0.4, -0.2) is 65.1 Å². The number of rotatable bonds is 15. The quantitative estimate of drug-likeness (QED) is 0.107. The number of amides is 3. The summed E-state index contributed by atoms with van der Waals surface area (Å²) in [5.41, 5.74) is 2.58. The van der Waals surface area contributed by atoms with E-state index < -0.39 is 53.7 Å². The third-order valence-electron chi connectivity index (χ3n) is 8.52. The second kappa shape index (κ2) is 17.6. The lowest BCUT2D eigenvalue weighted by atomic mass is 9.91. The number of phenolic OH excluding ortho intramolecular Hbond substituents is 1. The molecule has 1 unspecified atom stereocenters. The van der Waals surface area contributed by atoms with Gasteiger partial charge in [-0.25, -0.2) is 9.59 Å². The summed E-state index contributed by atoms with van der Waals surface area (Å²) in [6.07, 6.45) is 0.303. The van der Waals surface area contributed by atoms with Crippen molar-refractivity contribution in [3.05, 3.63) is 125 Å². The van der Waals surface area contributed by atoms with E-state index in [-0.39, 0.29) is 35.6 Å². The van der Waals surface area contributed by atoms with Crippen LogP contribution < -0.4 is 16.0 Å². The van der Waals surface area contributed by atoms with E-state index in [1.165, 1.54) is 19.2 Å². The van der Waals surface area contributed by atoms with Gasteiger partial charge in [-0.15, -0.1) is 0 Å². The van der Waals surface area contributed by atoms with Gasteiger partial charge in [0.25, 0.3) is 11.8 Å². The molecule has 4 aromatic rings. The van der Waals surface area contributed by atoms with Crippen molar-refractivity contribution in [3.8, 4) is 16.9 Å². The zero-order valence-electron chi connectivity index (χ0n) is 29.0. The first-order valence-corrected chi connectivity index (χ1v) is 16.6. The van der Waals surface area contributed by atoms with Crippen molar-refractivity contribution in [1.82, 2.24) is 16.0 Å². The fourth-order valence-electron chi connectivity index (χ4n) is 5.81. The molecule has 51 heavy (non-hydrogen) atoms. The Hall–Kier alpha value is -5.97. The average molecular weight is 694 g/mol. The van der Waals surface area contributed by atoms with Crippen LogP contribution in [0.2, 0.25) is 0 Å². The lowest BCUT2D eigenvalue weighted by Gasteiger charge is -2.27. The SMILES string of the molecule is COC(=O)C(Cc1ccc(O)cc1)NC(=O)c1ccccc1-c1ccccc1C(=O)N[C@H](C(=O)N[C@@H](CC(C)C)C(=O)O)[C@@H](C)c1ccccc1. The number of aliphatic carboxylic acids is 1. The number of esters is 1. The highest BCUT2D eigenvalue weighted by molar-refractivity contribution is 6.08. The van der Waals surface area contributed by atoms with Crippen LogP contribution in [0.15, 0.2) is 103 Å². The molecule has 0 aromatic heterocycles. The number of carboxylic acids is 1. The normalized spacial score (nSPS) is 13.3. The summed E-state index contributed by atoms with van der Waals surface area (Å²) in [6.45, 7) is 5.49. The van der Waals surface area contributed by atoms with Crippen LogP contribution in [-0.2, 0) is 25.5 Å². The van der Waals surface area contributed by atoms with Crippen LogP contribution in [0, 0.1) is 5.92 Å². The Morgan fingerprint density at radius 3 is 1.73 bits per heavy atom. The molecule has 0 aliphatic heterocycles. The molecule has 11 nitrogen and oxygen atoms in total. The fraction of sp³-hybridized carbons (Fsp3) is 0.275. The van der Waals surface area contributed by atoms with Gasteiger partial charge in [-0.3, -0.25) is 14.4 Å². The number of hydrogen-bond donors (Lipinski definition) is 5. The van der Waals surface area contributed by atoms with E-state index in [1.54, 1.807) is 67.6 Å². The van der Waals surface area contributed by atoms with Gasteiger partial charge in [0.05, 0.1) is 7.11 Å². The lowest BCUT2D eigenvalue weighted by Crippen LogP contribution is -2.53. The van der Waals surface area contributed by atoms with Gasteiger partial charge in [-0.2, -0.15) is 0 Å². The Labute approximate surface area is 297 Å². The van der Waals surface area contributed by atoms with Crippen LogP contribution in [0.3, 0.4) is 0 Å². The standard InChI is InChI=1S/C40H43N3O8/c1-24(2)22-33(39(48)49)41-38(47)35(25(3)27-12-6-5-7-13-27)43-37(46)32-17-11-9-15-30(32)29-14-8-10-16-31(29)36(45)42-34(40(50)51-4)23-26-18-20-28(44)21-19-26/h5-21,24-25,33-35,44H,22-23H2,1-4H3,(H,41,47)(H,42,45)(H,43,46)(H,48,49)/t25-,33-,34?,35-/m0/s1. The number of benzene rings is 4. The minimum atomic E-state index is -1.17. The number of carbonyl (C=O) groups is 5. The van der Waals surface area contributed by atoms with Crippen molar-refractivity contribution in [2.24, 2.45) is 5.92 Å². The van der Waals surface area contributed by atoms with Gasteiger partial charge in [-0.1, -0.05) is 99.6 Å². The van der Waals surface area contributed by atoms with Crippen molar-refractivity contribution in [1.29, 1.82) is 0 Å². The summed E-state index contributed by atoms with van der Waals surface area (Å²) in [5, 5.41) is 27.7. The Morgan fingerprint density at radius 1 is 0.667 bits per heavy atom. The Kier molecular flexibility index (Phi) is 13.1. The minimum Gasteiger partial charge on any atom is -0.508 e. The number of carbonyl (C=O) groups excluding carboxylic acids is 4. The van der Waals surface area contributed by atoms with Gasteiger partial charge < -0.3 is 30.9 Å². The van der Waals surface area contributed by atoms with Crippen LogP contribution in [0.25, 0.3) is 11.1 Å². The van der Waals surface area contributed by atoms with Gasteiger partial charge in [0.2, 0.25) is 5.91 Å². The molecular formula is C40H43N3O8. The van der Waals surface area contributed by atoms with E-state index in [2.05, 4.69) is 16.0 Å². The number of nitrogens with one attached hydrogen (secondary N) is 3. The molecule has 0 saturated heterocycles. The molecule has 0 aliphatic rings. The van der Waals surface area contributed by atoms with E-state index >= 15 is 0 Å². The summed E-state index contributed by atoms with van der Waals surface area (Å²) in [5.74, 6) is -4.17. The van der Waals surface area contributed by atoms with Gasteiger partial charge in [-0.05, 0) is 58.9 Å². The first-order chi connectivity index (χ1) is 24.4. The molecule has 4 rings (SSSR count). The number of carboxylic acid groups (broad SMARTS) is 1. The fourth-order valence-corrected chi connectivity index (χ4v) is 5.81. The second-order valence-corrected chi connectivity index (χ2v) is 12.7. The second-order valence-electron chi connectivity index (χ2n) is 12.7. The predicted octanol–water partition coefficient (Wildman–Crippen LogP) is 5.09. The zero-order valence-corrected chi connectivity index (χ0v) is 29.0. The Morgan fingerprint density at radius 2 is 1.20 bits per heavy atom. The molecule has 3 amide bonds. The highest BCUT2D eigenvalue weighted by Gasteiger charge is 2.33. The summed E-state index contributed by atoms with van der Waals surface area (Å²) in [7, 11) is 1.22. The van der Waals surface area contributed by atoms with E-state index in [0.717, 1.165) is 5.56 Å². The number of ether oxygens (including phenoxy) is 1. The third kappa shape index (κ3) is 10.0. The van der Waals surface area contributed by atoms with Crippen molar-refractivity contribution in [2.75, 3.05) is 7.11 Å². The van der Waals surface area contributed by atoms with Gasteiger partial charge in [0.1, 0.15) is 23.9 Å².